The van der Waals surface area contributed by atoms with E-state index in [9.17, 15) is 43.2 Å². The van der Waals surface area contributed by atoms with Gasteiger partial charge in [-0.05, 0) is 31.6 Å². The van der Waals surface area contributed by atoms with Crippen LogP contribution in [0.1, 0.15) is 369 Å². The summed E-state index contributed by atoms with van der Waals surface area (Å²) in [5.74, 6) is -1.40. The van der Waals surface area contributed by atoms with E-state index in [-0.39, 0.29) is 25.7 Å². The highest BCUT2D eigenvalue weighted by Crippen LogP contribution is 2.45. The fourth-order valence-corrected chi connectivity index (χ4v) is 12.4. The summed E-state index contributed by atoms with van der Waals surface area (Å²) in [5, 5.41) is 10.6. The quantitative estimate of drug-likeness (QED) is 0.0222. The SMILES string of the molecule is CCCCCCCCCCCCCCCCCCCC(=O)O[C@H](COC(=O)CCCCCCCCCCCCCCC)COP(=O)(O)OC[C@@H](O)COP(=O)(O)OC[C@@H](COC(=O)CCCCCCCCCCCC)OC(=O)CCCCCCCCC(C)CC. The van der Waals surface area contributed by atoms with Crippen molar-refractivity contribution in [2.75, 3.05) is 39.6 Å². The number of hydrogen-bond donors (Lipinski definition) is 3. The topological polar surface area (TPSA) is 237 Å². The summed E-state index contributed by atoms with van der Waals surface area (Å²) in [4.78, 5) is 72.5. The highest BCUT2D eigenvalue weighted by molar-refractivity contribution is 7.47. The molecule has 534 valence electrons. The predicted octanol–water partition coefficient (Wildman–Crippen LogP) is 20.5. The molecule has 0 amide bonds. The molecule has 0 aliphatic rings. The van der Waals surface area contributed by atoms with Gasteiger partial charge in [-0.1, -0.05) is 317 Å². The molecule has 0 saturated heterocycles. The Morgan fingerprint density at radius 3 is 0.789 bits per heavy atom. The van der Waals surface area contributed by atoms with Gasteiger partial charge in [0.1, 0.15) is 19.3 Å². The van der Waals surface area contributed by atoms with Crippen molar-refractivity contribution in [2.45, 2.75) is 387 Å². The number of phosphoric acid groups is 2. The van der Waals surface area contributed by atoms with Gasteiger partial charge in [-0.3, -0.25) is 37.3 Å². The average Bonchev–Trinajstić information content (AvgIpc) is 3.64. The van der Waals surface area contributed by atoms with Crippen LogP contribution in [0.4, 0.5) is 0 Å². The van der Waals surface area contributed by atoms with Crippen LogP contribution in [0.15, 0.2) is 0 Å². The van der Waals surface area contributed by atoms with E-state index in [1.807, 2.05) is 0 Å². The fourth-order valence-electron chi connectivity index (χ4n) is 10.8. The molecule has 0 aliphatic carbocycles. The monoisotopic (exact) mass is 1320 g/mol. The first-order valence-corrected chi connectivity index (χ1v) is 40.2. The van der Waals surface area contributed by atoms with E-state index in [4.69, 9.17) is 37.0 Å². The number of aliphatic hydroxyl groups excluding tert-OH is 1. The molecule has 0 aromatic rings. The molecule has 0 aromatic heterocycles. The lowest BCUT2D eigenvalue weighted by molar-refractivity contribution is -0.161. The lowest BCUT2D eigenvalue weighted by Crippen LogP contribution is -2.30. The molecule has 90 heavy (non-hydrogen) atoms. The van der Waals surface area contributed by atoms with Crippen molar-refractivity contribution in [1.29, 1.82) is 0 Å². The van der Waals surface area contributed by atoms with Gasteiger partial charge in [-0.25, -0.2) is 9.13 Å². The average molecular weight is 1330 g/mol. The maximum Gasteiger partial charge on any atom is 0.472 e. The van der Waals surface area contributed by atoms with Crippen molar-refractivity contribution in [2.24, 2.45) is 5.92 Å². The summed E-state index contributed by atoms with van der Waals surface area (Å²) < 4.78 is 68.3. The van der Waals surface area contributed by atoms with Gasteiger partial charge in [-0.15, -0.1) is 0 Å². The summed E-state index contributed by atoms with van der Waals surface area (Å²) in [6.45, 7) is 7.20. The smallest absolute Gasteiger partial charge is 0.462 e. The first-order valence-electron chi connectivity index (χ1n) is 37.2. The van der Waals surface area contributed by atoms with E-state index >= 15 is 0 Å². The molecule has 0 aromatic carbocycles. The third-order valence-corrected chi connectivity index (χ3v) is 18.8. The van der Waals surface area contributed by atoms with Crippen LogP contribution in [0, 0.1) is 5.92 Å². The minimum Gasteiger partial charge on any atom is -0.462 e. The van der Waals surface area contributed by atoms with Gasteiger partial charge < -0.3 is 33.8 Å². The number of ether oxygens (including phenoxy) is 4. The maximum absolute atomic E-state index is 13.0. The molecule has 19 heteroatoms. The molecule has 0 radical (unpaired) electrons. The predicted molar refractivity (Wildman–Crippen MR) is 363 cm³/mol. The third-order valence-electron chi connectivity index (χ3n) is 16.9. The van der Waals surface area contributed by atoms with Gasteiger partial charge in [0.05, 0.1) is 26.4 Å². The lowest BCUT2D eigenvalue weighted by Gasteiger charge is -2.21. The molecule has 0 aliphatic heterocycles. The van der Waals surface area contributed by atoms with E-state index in [1.54, 1.807) is 0 Å². The molecule has 3 N–H and O–H groups in total. The summed E-state index contributed by atoms with van der Waals surface area (Å²) >= 11 is 0. The van der Waals surface area contributed by atoms with Gasteiger partial charge >= 0.3 is 39.5 Å². The van der Waals surface area contributed by atoms with Crippen molar-refractivity contribution in [3.05, 3.63) is 0 Å². The molecular formula is C71H138O17P2. The van der Waals surface area contributed by atoms with E-state index in [0.717, 1.165) is 95.8 Å². The Hall–Kier alpha value is -1.94. The molecule has 0 rings (SSSR count). The molecule has 0 saturated carbocycles. The molecule has 17 nitrogen and oxygen atoms in total. The summed E-state index contributed by atoms with van der Waals surface area (Å²) in [7, 11) is -9.90. The Kier molecular flexibility index (Phi) is 63.0. The van der Waals surface area contributed by atoms with Crippen molar-refractivity contribution >= 4 is 39.5 Å². The van der Waals surface area contributed by atoms with Crippen LogP contribution in [0.3, 0.4) is 0 Å². The third kappa shape index (κ3) is 63.5. The summed E-state index contributed by atoms with van der Waals surface area (Å²) in [5.41, 5.74) is 0. The number of aliphatic hydroxyl groups is 1. The van der Waals surface area contributed by atoms with Crippen LogP contribution < -0.4 is 0 Å². The number of rotatable bonds is 71. The van der Waals surface area contributed by atoms with Crippen molar-refractivity contribution in [3.63, 3.8) is 0 Å². The van der Waals surface area contributed by atoms with Crippen molar-refractivity contribution in [3.8, 4) is 0 Å². The second kappa shape index (κ2) is 64.4. The van der Waals surface area contributed by atoms with Gasteiger partial charge in [-0.2, -0.15) is 0 Å². The zero-order valence-electron chi connectivity index (χ0n) is 58.3. The number of phosphoric ester groups is 2. The fraction of sp³-hybridized carbons (Fsp3) is 0.944. The standard InChI is InChI=1S/C71H138O17P2/c1-6-10-13-16-19-22-25-27-28-29-30-32-34-37-40-46-51-56-70(75)87-66(60-81-69(74)55-50-45-39-36-33-31-26-23-20-17-14-11-7-2)62-85-89(77,78)83-58-65(72)59-84-90(79,80)86-63-67(88-71(76)57-52-47-42-41-43-48-53-64(5)9-4)61-82-68(73)54-49-44-38-35-24-21-18-15-12-8-3/h64-67,72H,6-63H2,1-5H3,(H,77,78)(H,79,80)/t64?,65-,66-,67-/m1/s1. The lowest BCUT2D eigenvalue weighted by atomic mass is 10.00. The van der Waals surface area contributed by atoms with Crippen LogP contribution in [0.25, 0.3) is 0 Å². The normalized spacial score (nSPS) is 14.4. The van der Waals surface area contributed by atoms with Crippen LogP contribution in [-0.2, 0) is 65.4 Å². The number of carbonyl (C=O) groups excluding carboxylic acids is 4. The maximum atomic E-state index is 13.0. The first kappa shape index (κ1) is 88.1. The summed E-state index contributed by atoms with van der Waals surface area (Å²) in [6, 6.07) is 0. The summed E-state index contributed by atoms with van der Waals surface area (Å²) in [6.07, 6.45) is 51.3. The van der Waals surface area contributed by atoms with Crippen LogP contribution in [0.5, 0.6) is 0 Å². The van der Waals surface area contributed by atoms with E-state index in [1.165, 1.54) is 193 Å². The molecule has 0 spiro atoms. The van der Waals surface area contributed by atoms with Gasteiger partial charge in [0.25, 0.3) is 0 Å². The van der Waals surface area contributed by atoms with Gasteiger partial charge in [0.15, 0.2) is 12.2 Å². The van der Waals surface area contributed by atoms with Crippen molar-refractivity contribution in [1.82, 2.24) is 0 Å². The Balaban J connectivity index is 5.23. The van der Waals surface area contributed by atoms with Crippen LogP contribution in [-0.4, -0.2) is 96.7 Å². The molecule has 0 heterocycles. The zero-order valence-corrected chi connectivity index (χ0v) is 60.1. The first-order chi connectivity index (χ1) is 43.6. The molecular weight excluding hydrogens is 1190 g/mol. The van der Waals surface area contributed by atoms with E-state index in [0.29, 0.717) is 25.7 Å². The Morgan fingerprint density at radius 2 is 0.533 bits per heavy atom. The molecule has 0 fully saturated rings. The second-order valence-electron chi connectivity index (χ2n) is 25.9. The number of unbranched alkanes of at least 4 members (excludes halogenated alkanes) is 42. The molecule has 0 bridgehead atoms. The molecule has 3 unspecified atom stereocenters. The second-order valence-corrected chi connectivity index (χ2v) is 28.8. The molecule has 6 atom stereocenters. The zero-order chi connectivity index (χ0) is 66.3. The van der Waals surface area contributed by atoms with E-state index in [2.05, 4.69) is 34.6 Å². The highest BCUT2D eigenvalue weighted by atomic mass is 31.2. The number of hydrogen-bond acceptors (Lipinski definition) is 15. The number of carbonyl (C=O) groups is 4. The Morgan fingerprint density at radius 1 is 0.311 bits per heavy atom. The van der Waals surface area contributed by atoms with Crippen LogP contribution in [0.2, 0.25) is 0 Å². The Labute approximate surface area is 549 Å². The number of esters is 4. The van der Waals surface area contributed by atoms with Gasteiger partial charge in [0.2, 0.25) is 0 Å². The minimum absolute atomic E-state index is 0.103. The van der Waals surface area contributed by atoms with E-state index < -0.39 is 97.5 Å². The van der Waals surface area contributed by atoms with Gasteiger partial charge in [0, 0.05) is 25.7 Å². The van der Waals surface area contributed by atoms with Crippen LogP contribution >= 0.6 is 15.6 Å². The Bertz CT molecular complexity index is 1740. The highest BCUT2D eigenvalue weighted by Gasteiger charge is 2.30. The largest absolute Gasteiger partial charge is 0.472 e. The van der Waals surface area contributed by atoms with Crippen molar-refractivity contribution < 1.29 is 80.2 Å². The minimum atomic E-state index is -4.95.